The maximum atomic E-state index is 14.4. The van der Waals surface area contributed by atoms with Gasteiger partial charge in [-0.15, -0.1) is 16.8 Å². The molecule has 6 aromatic rings. The van der Waals surface area contributed by atoms with E-state index in [9.17, 15) is 49.9 Å². The monoisotopic (exact) mass is 1140 g/mol. The quantitative estimate of drug-likeness (QED) is 0.0774. The zero-order valence-electron chi connectivity index (χ0n) is 44.5. The molecule has 8 rings (SSSR count). The van der Waals surface area contributed by atoms with Crippen molar-refractivity contribution < 1.29 is 68.9 Å². The average molecular weight is 1140 g/mol. The molecule has 0 radical (unpaired) electrons. The van der Waals surface area contributed by atoms with Crippen molar-refractivity contribution in [1.82, 2.24) is 30.2 Å². The third-order valence-electron chi connectivity index (χ3n) is 11.7. The van der Waals surface area contributed by atoms with Crippen molar-refractivity contribution in [3.8, 4) is 34.0 Å². The fraction of sp³-hybridized carbons (Fsp3) is 0.357. The SMILES string of the molecule is CC(C)(C)OC(=O)F.CC(C)(C)OC(=O)N1CCC(COc2ccncc2NC(=O)c2ccc(F)c(-c3c(F)cccc3F)n2)CC1.Cl.O=C(Nc1cnccc1OCC1CCNCC1)c1ccc(F)c(-c2c(F)cccc2F)n1. The summed E-state index contributed by atoms with van der Waals surface area (Å²) in [5.74, 6) is -5.93. The molecule has 80 heavy (non-hydrogen) atoms. The molecule has 2 aliphatic heterocycles. The number of halogens is 8. The lowest BCUT2D eigenvalue weighted by molar-refractivity contribution is 0.0164. The van der Waals surface area contributed by atoms with E-state index in [2.05, 4.69) is 40.6 Å². The van der Waals surface area contributed by atoms with Gasteiger partial charge in [-0.25, -0.2) is 45.9 Å². The van der Waals surface area contributed by atoms with Crippen molar-refractivity contribution >= 4 is 47.9 Å². The number of carbonyl (C=O) groups is 4. The molecule has 4 aromatic heterocycles. The second-order valence-electron chi connectivity index (χ2n) is 20.1. The normalized spacial score (nSPS) is 13.7. The smallest absolute Gasteiger partial charge is 0.491 e. The van der Waals surface area contributed by atoms with E-state index in [0.29, 0.717) is 49.4 Å². The van der Waals surface area contributed by atoms with E-state index in [1.54, 1.807) is 44.0 Å². The van der Waals surface area contributed by atoms with Crippen LogP contribution >= 0.6 is 12.4 Å². The summed E-state index contributed by atoms with van der Waals surface area (Å²) in [7, 11) is 0. The Morgan fingerprint density at radius 3 is 1.35 bits per heavy atom. The predicted molar refractivity (Wildman–Crippen MR) is 285 cm³/mol. The lowest BCUT2D eigenvalue weighted by Gasteiger charge is -2.33. The Morgan fingerprint density at radius 1 is 0.575 bits per heavy atom. The minimum absolute atomic E-state index is 0. The molecule has 6 heterocycles. The molecule has 0 bridgehead atoms. The predicted octanol–water partition coefficient (Wildman–Crippen LogP) is 12.3. The first-order valence-electron chi connectivity index (χ1n) is 25.0. The van der Waals surface area contributed by atoms with Crippen molar-refractivity contribution in [2.45, 2.75) is 78.4 Å². The molecule has 0 unspecified atom stereocenters. The van der Waals surface area contributed by atoms with Crippen LogP contribution in [0.5, 0.6) is 11.5 Å². The number of anilines is 2. The van der Waals surface area contributed by atoms with Crippen LogP contribution in [-0.2, 0) is 9.47 Å². The second kappa shape index (κ2) is 28.8. The van der Waals surface area contributed by atoms with Crippen LogP contribution < -0.4 is 25.4 Å². The first-order valence-corrected chi connectivity index (χ1v) is 25.0. The van der Waals surface area contributed by atoms with Gasteiger partial charge in [-0.1, -0.05) is 12.1 Å². The van der Waals surface area contributed by atoms with Crippen LogP contribution in [-0.4, -0.2) is 99.6 Å². The van der Waals surface area contributed by atoms with Gasteiger partial charge >= 0.3 is 12.3 Å². The number of hydrogen-bond acceptors (Lipinski definition) is 13. The molecular weight excluding hydrogens is 1080 g/mol. The van der Waals surface area contributed by atoms with Gasteiger partial charge in [0.25, 0.3) is 11.8 Å². The maximum absolute atomic E-state index is 14.4. The van der Waals surface area contributed by atoms with Gasteiger partial charge in [0.15, 0.2) is 0 Å². The third kappa shape index (κ3) is 18.6. The van der Waals surface area contributed by atoms with Gasteiger partial charge in [-0.3, -0.25) is 19.6 Å². The van der Waals surface area contributed by atoms with Crippen LogP contribution in [0.1, 0.15) is 88.2 Å². The highest BCUT2D eigenvalue weighted by atomic mass is 35.5. The molecule has 0 atom stereocenters. The third-order valence-corrected chi connectivity index (χ3v) is 11.7. The van der Waals surface area contributed by atoms with E-state index >= 15 is 0 Å². The number of pyridine rings is 4. The molecule has 2 fully saturated rings. The number of piperidine rings is 2. The second-order valence-corrected chi connectivity index (χ2v) is 20.1. The van der Waals surface area contributed by atoms with Crippen LogP contribution in [0.4, 0.5) is 51.7 Å². The number of nitrogens with one attached hydrogen (secondary N) is 3. The van der Waals surface area contributed by atoms with Crippen LogP contribution in [0.2, 0.25) is 0 Å². The zero-order valence-corrected chi connectivity index (χ0v) is 45.3. The Labute approximate surface area is 463 Å². The van der Waals surface area contributed by atoms with Crippen molar-refractivity contribution in [2.24, 2.45) is 11.8 Å². The summed E-state index contributed by atoms with van der Waals surface area (Å²) in [6, 6.07) is 13.6. The van der Waals surface area contributed by atoms with E-state index < -0.39 is 86.7 Å². The number of aromatic nitrogens is 4. The lowest BCUT2D eigenvalue weighted by atomic mass is 9.98. The molecule has 2 aromatic carbocycles. The van der Waals surface area contributed by atoms with Crippen LogP contribution in [0.3, 0.4) is 0 Å². The van der Waals surface area contributed by atoms with Crippen LogP contribution in [0, 0.1) is 46.7 Å². The molecule has 0 spiro atoms. The summed E-state index contributed by atoms with van der Waals surface area (Å²) in [5.41, 5.74) is -3.64. The Hall–Kier alpha value is -7.92. The molecule has 3 N–H and O–H groups in total. The first-order chi connectivity index (χ1) is 37.5. The highest BCUT2D eigenvalue weighted by Crippen LogP contribution is 2.31. The molecule has 0 aliphatic carbocycles. The fourth-order valence-electron chi connectivity index (χ4n) is 7.82. The summed E-state index contributed by atoms with van der Waals surface area (Å²) < 4.78 is 118. The van der Waals surface area contributed by atoms with Crippen molar-refractivity contribution in [3.05, 3.63) is 144 Å². The Kier molecular flexibility index (Phi) is 22.7. The molecule has 16 nitrogen and oxygen atoms in total. The Morgan fingerprint density at radius 2 is 0.975 bits per heavy atom. The highest BCUT2D eigenvalue weighted by molar-refractivity contribution is 6.04. The van der Waals surface area contributed by atoms with Crippen molar-refractivity contribution in [2.75, 3.05) is 50.0 Å². The van der Waals surface area contributed by atoms with Gasteiger partial charge in [0.2, 0.25) is 0 Å². The van der Waals surface area contributed by atoms with E-state index in [4.69, 9.17) is 14.2 Å². The fourth-order valence-corrected chi connectivity index (χ4v) is 7.82. The van der Waals surface area contributed by atoms with Crippen LogP contribution in [0.25, 0.3) is 22.5 Å². The molecule has 2 aliphatic rings. The number of carbonyl (C=O) groups excluding carboxylic acids is 4. The first kappa shape index (κ1) is 62.9. The van der Waals surface area contributed by atoms with E-state index in [0.717, 1.165) is 99.4 Å². The minimum Gasteiger partial charge on any atom is -0.491 e. The minimum atomic E-state index is -1.72. The topological polar surface area (TPSA) is 196 Å². The number of likely N-dealkylation sites (tertiary alicyclic amines) is 1. The number of amides is 3. The molecule has 3 amide bonds. The van der Waals surface area contributed by atoms with Crippen molar-refractivity contribution in [1.29, 1.82) is 0 Å². The van der Waals surface area contributed by atoms with Gasteiger partial charge in [0.05, 0.1) is 36.7 Å². The summed E-state index contributed by atoms with van der Waals surface area (Å²) in [4.78, 5) is 65.0. The number of rotatable bonds is 12. The summed E-state index contributed by atoms with van der Waals surface area (Å²) in [5, 5.41) is 8.54. The Balaban J connectivity index is 0.000000259. The molecule has 2 saturated heterocycles. The zero-order chi connectivity index (χ0) is 57.4. The van der Waals surface area contributed by atoms with Gasteiger partial charge < -0.3 is 39.8 Å². The van der Waals surface area contributed by atoms with Gasteiger partial charge in [0.1, 0.15) is 91.8 Å². The summed E-state index contributed by atoms with van der Waals surface area (Å²) in [6.45, 7) is 14.1. The average Bonchev–Trinajstić information content (AvgIpc) is 3.42. The number of ether oxygens (including phenoxy) is 4. The molecule has 0 saturated carbocycles. The highest BCUT2D eigenvalue weighted by Gasteiger charge is 2.28. The van der Waals surface area contributed by atoms with Gasteiger partial charge in [-0.2, -0.15) is 0 Å². The molecular formula is C56H60ClF7N8O8. The van der Waals surface area contributed by atoms with Crippen molar-refractivity contribution in [3.63, 3.8) is 0 Å². The molecule has 24 heteroatoms. The molecule has 428 valence electrons. The summed E-state index contributed by atoms with van der Waals surface area (Å²) in [6.07, 6.45) is 7.25. The number of benzene rings is 2. The van der Waals surface area contributed by atoms with E-state index in [-0.39, 0.29) is 41.5 Å². The maximum Gasteiger partial charge on any atom is 0.495 e. The summed E-state index contributed by atoms with van der Waals surface area (Å²) >= 11 is 0. The van der Waals surface area contributed by atoms with E-state index in [1.165, 1.54) is 18.6 Å². The standard InChI is InChI=1S/C28H29F3N4O4.C23H21F3N4O2.C5H9FO2.ClH/c1-28(2,3)39-27(37)35-13-10-17(11-14-35)16-38-23-9-12-32-15-22(23)34-26(36)21-8-7-20(31)25(33-21)24-18(29)5-4-6-19(24)30;24-15-2-1-3-16(25)21(15)22-17(26)4-5-18(29-22)23(31)30-19-12-28-11-8-20(19)32-13-14-6-9-27-10-7-14;1-5(2,3)8-4(6)7;/h4-9,12,15,17H,10-11,13-14,16H2,1-3H3,(H,34,36);1-5,8,11-12,14,27H,6-7,9-10,13H2,(H,30,31);1-3H3;1H. The van der Waals surface area contributed by atoms with Crippen LogP contribution in [0.15, 0.2) is 97.6 Å². The van der Waals surface area contributed by atoms with Gasteiger partial charge in [-0.05, 0) is 141 Å². The van der Waals surface area contributed by atoms with E-state index in [1.807, 2.05) is 20.8 Å². The lowest BCUT2D eigenvalue weighted by Crippen LogP contribution is -2.42. The largest absolute Gasteiger partial charge is 0.495 e. The number of hydrogen-bond donors (Lipinski definition) is 3. The number of nitrogens with zero attached hydrogens (tertiary/aromatic N) is 5. The van der Waals surface area contributed by atoms with Gasteiger partial charge in [0, 0.05) is 37.6 Å². The Bertz CT molecular complexity index is 3060.